The second-order valence-electron chi connectivity index (χ2n) is 10.9. The van der Waals surface area contributed by atoms with Gasteiger partial charge in [-0.1, -0.05) is 0 Å². The van der Waals surface area contributed by atoms with Crippen LogP contribution in [0.25, 0.3) is 22.3 Å². The highest BCUT2D eigenvalue weighted by atomic mass is 16.8. The van der Waals surface area contributed by atoms with Crippen molar-refractivity contribution in [2.45, 2.75) is 68.3 Å². The minimum absolute atomic E-state index is 0.0125. The van der Waals surface area contributed by atoms with Gasteiger partial charge in [0, 0.05) is 24.6 Å². The molecule has 0 amide bonds. The summed E-state index contributed by atoms with van der Waals surface area (Å²) in [6.45, 7) is -0.277. The van der Waals surface area contributed by atoms with Crippen LogP contribution in [0.15, 0.2) is 45.6 Å². The normalized spacial score (nSPS) is 31.0. The predicted octanol–water partition coefficient (Wildman–Crippen LogP) is -1.55. The number of carbonyl (C=O) groups excluding carboxylic acids is 1. The summed E-state index contributed by atoms with van der Waals surface area (Å²) in [7, 11) is 1.47. The number of phenolic OH excluding ortho intramolecular Hbond substituents is 2. The lowest BCUT2D eigenvalue weighted by Crippen LogP contribution is -2.65. The van der Waals surface area contributed by atoms with E-state index in [4.69, 9.17) is 32.8 Å². The van der Waals surface area contributed by atoms with E-state index in [9.17, 15) is 50.4 Å². The molecule has 3 heterocycles. The van der Waals surface area contributed by atoms with E-state index in [1.807, 2.05) is 0 Å². The van der Waals surface area contributed by atoms with Crippen LogP contribution in [0.3, 0.4) is 0 Å². The number of rotatable bonds is 9. The topological polar surface area (TPSA) is 264 Å². The van der Waals surface area contributed by atoms with Crippen LogP contribution >= 0.6 is 0 Å². The molecule has 0 bridgehead atoms. The molecule has 0 saturated carbocycles. The maximum atomic E-state index is 13.0. The van der Waals surface area contributed by atoms with Crippen LogP contribution in [0.2, 0.25) is 0 Å². The molecule has 2 aliphatic rings. The van der Waals surface area contributed by atoms with Gasteiger partial charge in [-0.25, -0.2) is 0 Å². The Morgan fingerprint density at radius 3 is 2.17 bits per heavy atom. The summed E-state index contributed by atoms with van der Waals surface area (Å²) >= 11 is 0. The number of aliphatic hydroxyl groups excluding tert-OH is 6. The van der Waals surface area contributed by atoms with Crippen LogP contribution in [0.5, 0.6) is 23.0 Å². The van der Waals surface area contributed by atoms with Crippen LogP contribution < -0.4 is 14.9 Å². The summed E-state index contributed by atoms with van der Waals surface area (Å²) in [4.78, 5) is 24.2. The van der Waals surface area contributed by atoms with Crippen molar-refractivity contribution >= 4 is 16.9 Å². The van der Waals surface area contributed by atoms with Crippen molar-refractivity contribution < 1.29 is 78.5 Å². The minimum atomic E-state index is -1.94. The van der Waals surface area contributed by atoms with Crippen molar-refractivity contribution in [1.29, 1.82) is 0 Å². The molecule has 0 aliphatic carbocycles. The van der Waals surface area contributed by atoms with Crippen molar-refractivity contribution in [1.82, 2.24) is 0 Å². The summed E-state index contributed by atoms with van der Waals surface area (Å²) < 4.78 is 38.3. The number of benzene rings is 2. The Kier molecular flexibility index (Phi) is 10.2. The summed E-state index contributed by atoms with van der Waals surface area (Å²) in [5.74, 6) is -2.21. The lowest BCUT2D eigenvalue weighted by molar-refractivity contribution is -0.358. The fourth-order valence-electron chi connectivity index (χ4n) is 5.21. The third-order valence-corrected chi connectivity index (χ3v) is 7.77. The number of phenols is 2. The van der Waals surface area contributed by atoms with Crippen molar-refractivity contribution in [3.05, 3.63) is 46.6 Å². The molecule has 0 radical (unpaired) electrons. The van der Waals surface area contributed by atoms with E-state index >= 15 is 0 Å². The molecule has 17 nitrogen and oxygen atoms in total. The number of hydrogen-bond donors (Lipinski definition) is 8. The second-order valence-corrected chi connectivity index (χ2v) is 10.9. The Labute approximate surface area is 265 Å². The first-order valence-electron chi connectivity index (χ1n) is 14.3. The van der Waals surface area contributed by atoms with Gasteiger partial charge < -0.3 is 73.7 Å². The molecule has 3 aromatic rings. The Bertz CT molecular complexity index is 1620. The van der Waals surface area contributed by atoms with E-state index in [0.29, 0.717) is 11.3 Å². The van der Waals surface area contributed by atoms with Gasteiger partial charge in [0.1, 0.15) is 72.0 Å². The molecular weight excluding hydrogens is 632 g/mol. The number of hydrogen-bond acceptors (Lipinski definition) is 17. The molecule has 2 saturated heterocycles. The van der Waals surface area contributed by atoms with Gasteiger partial charge in [-0.3, -0.25) is 9.59 Å². The van der Waals surface area contributed by atoms with E-state index in [-0.39, 0.29) is 5.76 Å². The quantitative estimate of drug-likeness (QED) is 0.0949. The number of fused-ring (bicyclic) bond motifs is 1. The molecule has 2 fully saturated rings. The molecule has 2 aliphatic heterocycles. The zero-order chi connectivity index (χ0) is 34.2. The average Bonchev–Trinajstić information content (AvgIpc) is 3.05. The number of esters is 1. The molecule has 5 rings (SSSR count). The van der Waals surface area contributed by atoms with Gasteiger partial charge in [0.05, 0.1) is 13.7 Å². The smallest absolute Gasteiger partial charge is 0.302 e. The number of ether oxygens (including phenoxy) is 6. The van der Waals surface area contributed by atoms with E-state index in [1.54, 1.807) is 24.3 Å². The second kappa shape index (κ2) is 14.0. The summed E-state index contributed by atoms with van der Waals surface area (Å²) in [5, 5.41) is 84.0. The molecule has 10 atom stereocenters. The lowest BCUT2D eigenvalue weighted by atomic mass is 9.97. The third kappa shape index (κ3) is 6.84. The van der Waals surface area contributed by atoms with Gasteiger partial charge in [0.2, 0.25) is 12.0 Å². The van der Waals surface area contributed by atoms with Crippen LogP contribution in [-0.2, 0) is 23.7 Å². The highest BCUT2D eigenvalue weighted by Crippen LogP contribution is 2.42. The van der Waals surface area contributed by atoms with Crippen molar-refractivity contribution in [3.8, 4) is 34.3 Å². The van der Waals surface area contributed by atoms with Crippen molar-refractivity contribution in [2.75, 3.05) is 20.3 Å². The van der Waals surface area contributed by atoms with Crippen molar-refractivity contribution in [3.63, 3.8) is 0 Å². The average molecular weight is 667 g/mol. The fourth-order valence-corrected chi connectivity index (χ4v) is 5.21. The van der Waals surface area contributed by atoms with E-state index in [0.717, 1.165) is 19.1 Å². The summed E-state index contributed by atoms with van der Waals surface area (Å²) in [5.41, 5.74) is -0.771. The van der Waals surface area contributed by atoms with Gasteiger partial charge in [0.15, 0.2) is 29.2 Å². The van der Waals surface area contributed by atoms with Gasteiger partial charge in [-0.05, 0) is 24.3 Å². The Morgan fingerprint density at radius 1 is 0.872 bits per heavy atom. The summed E-state index contributed by atoms with van der Waals surface area (Å²) in [6, 6.07) is 8.37. The standard InChI is InChI=1S/C30H34O17/c1-11(32)42-10-19-22(36)24(38)26(40)29(46-19)47-28-25(39)21(35)18(9-31)45-30(28)44-17-8-15(34)20-14(33)7-16(43-27(20)23(17)37)12-3-5-13(41-2)6-4-12/h3-8,18-19,21-22,24-26,28-31,34-40H,9-10H2,1-2H3/t18-,19-,21-,22-,24-,25+,26-,28-,29+,30-/m0/s1. The van der Waals surface area contributed by atoms with Crippen molar-refractivity contribution in [2.24, 2.45) is 0 Å². The first-order chi connectivity index (χ1) is 22.3. The van der Waals surface area contributed by atoms with Crippen LogP contribution in [0, 0.1) is 0 Å². The minimum Gasteiger partial charge on any atom is -0.507 e. The largest absolute Gasteiger partial charge is 0.507 e. The first kappa shape index (κ1) is 34.3. The summed E-state index contributed by atoms with van der Waals surface area (Å²) in [6.07, 6.45) is -17.6. The lowest BCUT2D eigenvalue weighted by Gasteiger charge is -2.45. The zero-order valence-corrected chi connectivity index (χ0v) is 24.9. The van der Waals surface area contributed by atoms with Crippen LogP contribution in [0.1, 0.15) is 6.92 Å². The highest BCUT2D eigenvalue weighted by molar-refractivity contribution is 5.91. The molecule has 0 spiro atoms. The Hall–Kier alpha value is -4.04. The number of aliphatic hydroxyl groups is 6. The van der Waals surface area contributed by atoms with Crippen LogP contribution in [-0.4, -0.2) is 129 Å². The molecule has 0 unspecified atom stereocenters. The molecule has 47 heavy (non-hydrogen) atoms. The van der Waals surface area contributed by atoms with E-state index in [2.05, 4.69) is 0 Å². The van der Waals surface area contributed by atoms with E-state index in [1.165, 1.54) is 7.11 Å². The SMILES string of the molecule is COc1ccc(-c2cc(=O)c3c(O)cc(O[C@H]4O[C@@H](CO)[C@H](O)[C@@H](O)[C@@H]4O[C@H]4O[C@@H](COC(C)=O)[C@H](O)[C@H](O)[C@@H]4O)c(O)c3o2)cc1. The Balaban J connectivity index is 1.48. The maximum Gasteiger partial charge on any atom is 0.302 e. The number of carbonyl (C=O) groups is 1. The Morgan fingerprint density at radius 2 is 1.53 bits per heavy atom. The van der Waals surface area contributed by atoms with Gasteiger partial charge >= 0.3 is 5.97 Å². The molecule has 256 valence electrons. The first-order valence-corrected chi connectivity index (χ1v) is 14.3. The number of aromatic hydroxyl groups is 2. The third-order valence-electron chi connectivity index (χ3n) is 7.77. The van der Waals surface area contributed by atoms with Crippen LogP contribution in [0.4, 0.5) is 0 Å². The molecule has 2 aromatic carbocycles. The fraction of sp³-hybridized carbons (Fsp3) is 0.467. The molecular formula is C30H34O17. The van der Waals surface area contributed by atoms with Gasteiger partial charge in [-0.2, -0.15) is 0 Å². The van der Waals surface area contributed by atoms with Gasteiger partial charge in [-0.15, -0.1) is 0 Å². The monoisotopic (exact) mass is 666 g/mol. The van der Waals surface area contributed by atoms with E-state index < -0.39 is 114 Å². The molecule has 1 aromatic heterocycles. The predicted molar refractivity (Wildman–Crippen MR) is 154 cm³/mol. The molecule has 8 N–H and O–H groups in total. The van der Waals surface area contributed by atoms with Gasteiger partial charge in [0.25, 0.3) is 0 Å². The zero-order valence-electron chi connectivity index (χ0n) is 24.9. The number of methoxy groups -OCH3 is 1. The highest BCUT2D eigenvalue weighted by Gasteiger charge is 2.51. The maximum absolute atomic E-state index is 13.0. The molecule has 17 heteroatoms.